The Bertz CT molecular complexity index is 525. The Hall–Kier alpha value is -0.960. The van der Waals surface area contributed by atoms with Crippen LogP contribution >= 0.6 is 0 Å². The first kappa shape index (κ1) is 15.4. The van der Waals surface area contributed by atoms with Crippen molar-refractivity contribution >= 4 is 10.0 Å². The van der Waals surface area contributed by atoms with Crippen LogP contribution < -0.4 is 5.73 Å². The highest BCUT2D eigenvalue weighted by atomic mass is 32.2. The van der Waals surface area contributed by atoms with Gasteiger partial charge >= 0.3 is 0 Å². The molecule has 2 rings (SSSR count). The number of hydrogen-bond donors (Lipinski definition) is 1. The van der Waals surface area contributed by atoms with Crippen molar-refractivity contribution in [1.29, 1.82) is 0 Å². The molecule has 1 aliphatic rings. The van der Waals surface area contributed by atoms with Gasteiger partial charge in [-0.25, -0.2) is 8.42 Å². The third-order valence-corrected chi connectivity index (χ3v) is 5.18. The summed E-state index contributed by atoms with van der Waals surface area (Å²) in [6.45, 7) is 1.98. The zero-order valence-electron chi connectivity index (χ0n) is 11.7. The third-order valence-electron chi connectivity index (χ3n) is 3.28. The predicted octanol–water partition coefficient (Wildman–Crippen LogP) is 0.0314. The largest absolute Gasteiger partial charge is 0.383 e. The van der Waals surface area contributed by atoms with Crippen LogP contribution in [0, 0.1) is 0 Å². The third kappa shape index (κ3) is 3.57. The predicted molar refractivity (Wildman–Crippen MR) is 74.7 cm³/mol. The zero-order valence-corrected chi connectivity index (χ0v) is 12.6. The van der Waals surface area contributed by atoms with E-state index in [1.54, 1.807) is 18.0 Å². The fourth-order valence-corrected chi connectivity index (χ4v) is 3.66. The van der Waals surface area contributed by atoms with Crippen LogP contribution in [0.2, 0.25) is 0 Å². The first-order valence-electron chi connectivity index (χ1n) is 6.83. The molecule has 1 heterocycles. The molecule has 7 nitrogen and oxygen atoms in total. The summed E-state index contributed by atoms with van der Waals surface area (Å²) in [5.74, 6) is 0. The number of hydrogen-bond acceptors (Lipinski definition) is 5. The molecule has 1 aromatic heterocycles. The second-order valence-corrected chi connectivity index (χ2v) is 6.81. The molecule has 0 radical (unpaired) electrons. The Morgan fingerprint density at radius 1 is 1.55 bits per heavy atom. The van der Waals surface area contributed by atoms with Crippen molar-refractivity contribution in [1.82, 2.24) is 14.1 Å². The average Bonchev–Trinajstić information content (AvgIpc) is 3.13. The van der Waals surface area contributed by atoms with E-state index in [4.69, 9.17) is 10.5 Å². The molecule has 0 aromatic carbocycles. The second kappa shape index (κ2) is 6.66. The molecule has 1 aromatic rings. The lowest BCUT2D eigenvalue weighted by Crippen LogP contribution is -2.35. The molecule has 0 spiro atoms. The van der Waals surface area contributed by atoms with Gasteiger partial charge in [-0.05, 0) is 25.8 Å². The standard InChI is InChI=1S/C12H22N4O3S/c1-19-8-7-16(11-3-4-11)20(17,18)12-9-14-15(10-12)6-2-5-13/h9-11H,2-8,13H2,1H3. The van der Waals surface area contributed by atoms with Gasteiger partial charge < -0.3 is 10.5 Å². The van der Waals surface area contributed by atoms with Gasteiger partial charge in [-0.15, -0.1) is 0 Å². The maximum Gasteiger partial charge on any atom is 0.246 e. The Morgan fingerprint density at radius 3 is 2.90 bits per heavy atom. The number of ether oxygens (including phenoxy) is 1. The van der Waals surface area contributed by atoms with Crippen LogP contribution in [-0.4, -0.2) is 55.4 Å². The fourth-order valence-electron chi connectivity index (χ4n) is 2.03. The van der Waals surface area contributed by atoms with Crippen LogP contribution in [0.3, 0.4) is 0 Å². The molecule has 114 valence electrons. The number of nitrogens with zero attached hydrogens (tertiary/aromatic N) is 3. The smallest absolute Gasteiger partial charge is 0.246 e. The molecule has 8 heteroatoms. The van der Waals surface area contributed by atoms with Crippen LogP contribution in [-0.2, 0) is 21.3 Å². The van der Waals surface area contributed by atoms with Crippen LogP contribution in [0.1, 0.15) is 19.3 Å². The van der Waals surface area contributed by atoms with Crippen molar-refractivity contribution in [3.8, 4) is 0 Å². The van der Waals surface area contributed by atoms with Gasteiger partial charge in [0.1, 0.15) is 4.90 Å². The van der Waals surface area contributed by atoms with Crippen molar-refractivity contribution in [2.45, 2.75) is 36.7 Å². The molecule has 0 aliphatic heterocycles. The highest BCUT2D eigenvalue weighted by Crippen LogP contribution is 2.31. The minimum atomic E-state index is -3.48. The van der Waals surface area contributed by atoms with Crippen molar-refractivity contribution in [3.63, 3.8) is 0 Å². The highest BCUT2D eigenvalue weighted by molar-refractivity contribution is 7.89. The number of aryl methyl sites for hydroxylation is 1. The van der Waals surface area contributed by atoms with Crippen molar-refractivity contribution in [2.75, 3.05) is 26.8 Å². The van der Waals surface area contributed by atoms with Crippen molar-refractivity contribution in [2.24, 2.45) is 5.73 Å². The van der Waals surface area contributed by atoms with E-state index < -0.39 is 10.0 Å². The highest BCUT2D eigenvalue weighted by Gasteiger charge is 2.38. The molecule has 1 fully saturated rings. The Balaban J connectivity index is 2.12. The van der Waals surface area contributed by atoms with E-state index in [1.807, 2.05) is 0 Å². The lowest BCUT2D eigenvalue weighted by molar-refractivity contribution is 0.177. The van der Waals surface area contributed by atoms with Gasteiger partial charge in [0.05, 0.1) is 12.8 Å². The minimum Gasteiger partial charge on any atom is -0.383 e. The summed E-state index contributed by atoms with van der Waals surface area (Å²) in [6.07, 6.45) is 5.60. The number of nitrogens with two attached hydrogens (primary N) is 1. The number of sulfonamides is 1. The minimum absolute atomic E-state index is 0.113. The van der Waals surface area contributed by atoms with Crippen molar-refractivity contribution < 1.29 is 13.2 Å². The van der Waals surface area contributed by atoms with Gasteiger partial charge in [-0.3, -0.25) is 4.68 Å². The molecular weight excluding hydrogens is 280 g/mol. The maximum atomic E-state index is 12.6. The van der Waals surface area contributed by atoms with Gasteiger partial charge in [0.2, 0.25) is 10.0 Å². The SMILES string of the molecule is COCCN(C1CC1)S(=O)(=O)c1cnn(CCCN)c1. The molecule has 0 bridgehead atoms. The van der Waals surface area contributed by atoms with Crippen LogP contribution in [0.5, 0.6) is 0 Å². The molecule has 0 unspecified atom stereocenters. The molecule has 0 amide bonds. The summed E-state index contributed by atoms with van der Waals surface area (Å²) >= 11 is 0. The summed E-state index contributed by atoms with van der Waals surface area (Å²) < 4.78 is 33.4. The molecule has 1 saturated carbocycles. The van der Waals surface area contributed by atoms with E-state index in [0.717, 1.165) is 19.3 Å². The van der Waals surface area contributed by atoms with E-state index in [9.17, 15) is 8.42 Å². The van der Waals surface area contributed by atoms with Gasteiger partial charge in [-0.2, -0.15) is 9.40 Å². The second-order valence-electron chi connectivity index (χ2n) is 4.92. The fraction of sp³-hybridized carbons (Fsp3) is 0.750. The molecule has 2 N–H and O–H groups in total. The van der Waals surface area contributed by atoms with Crippen LogP contribution in [0.4, 0.5) is 0 Å². The monoisotopic (exact) mass is 302 g/mol. The molecule has 1 aliphatic carbocycles. The normalized spacial score (nSPS) is 15.9. The van der Waals surface area contributed by atoms with E-state index in [-0.39, 0.29) is 10.9 Å². The average molecular weight is 302 g/mol. The maximum absolute atomic E-state index is 12.6. The van der Waals surface area contributed by atoms with Crippen LogP contribution in [0.25, 0.3) is 0 Å². The lowest BCUT2D eigenvalue weighted by Gasteiger charge is -2.20. The molecule has 0 atom stereocenters. The summed E-state index contributed by atoms with van der Waals surface area (Å²) in [4.78, 5) is 0.248. The quantitative estimate of drug-likeness (QED) is 0.695. The topological polar surface area (TPSA) is 90.5 Å². The van der Waals surface area contributed by atoms with E-state index in [2.05, 4.69) is 5.10 Å². The summed E-state index contributed by atoms with van der Waals surface area (Å²) in [6, 6.07) is 0.113. The zero-order chi connectivity index (χ0) is 14.6. The Morgan fingerprint density at radius 2 is 2.30 bits per heavy atom. The summed E-state index contributed by atoms with van der Waals surface area (Å²) in [5.41, 5.74) is 5.44. The van der Waals surface area contributed by atoms with E-state index >= 15 is 0 Å². The van der Waals surface area contributed by atoms with Gasteiger partial charge in [0.15, 0.2) is 0 Å². The molecule has 20 heavy (non-hydrogen) atoms. The van der Waals surface area contributed by atoms with E-state index in [1.165, 1.54) is 10.5 Å². The van der Waals surface area contributed by atoms with Crippen LogP contribution in [0.15, 0.2) is 17.3 Å². The van der Waals surface area contributed by atoms with E-state index in [0.29, 0.717) is 26.2 Å². The first-order chi connectivity index (χ1) is 9.59. The Labute approximate surface area is 119 Å². The van der Waals surface area contributed by atoms with Gasteiger partial charge in [0, 0.05) is 32.4 Å². The summed E-state index contributed by atoms with van der Waals surface area (Å²) in [7, 11) is -1.90. The van der Waals surface area contributed by atoms with Crippen molar-refractivity contribution in [3.05, 3.63) is 12.4 Å². The van der Waals surface area contributed by atoms with Gasteiger partial charge in [-0.1, -0.05) is 0 Å². The van der Waals surface area contributed by atoms with Gasteiger partial charge in [0.25, 0.3) is 0 Å². The summed E-state index contributed by atoms with van der Waals surface area (Å²) in [5, 5.41) is 4.09. The number of rotatable bonds is 9. The first-order valence-corrected chi connectivity index (χ1v) is 8.27. The molecular formula is C12H22N4O3S. The number of aromatic nitrogens is 2. The molecule has 0 saturated heterocycles. The number of methoxy groups -OCH3 is 1. The Kier molecular flexibility index (Phi) is 5.14. The lowest BCUT2D eigenvalue weighted by atomic mass is 10.4.